The van der Waals surface area contributed by atoms with Crippen LogP contribution in [0.15, 0.2) is 18.2 Å². The summed E-state index contributed by atoms with van der Waals surface area (Å²) < 4.78 is 11.0. The van der Waals surface area contributed by atoms with Crippen molar-refractivity contribution in [1.82, 2.24) is 4.90 Å². The maximum Gasteiger partial charge on any atom is 0.308 e. The molecule has 1 saturated heterocycles. The quantitative estimate of drug-likeness (QED) is 0.906. The summed E-state index contributed by atoms with van der Waals surface area (Å²) in [5, 5.41) is 9.41. The minimum atomic E-state index is -0.776. The van der Waals surface area contributed by atoms with Crippen molar-refractivity contribution >= 4 is 11.9 Å². The molecule has 2 heterocycles. The average molecular weight is 331 g/mol. The van der Waals surface area contributed by atoms with Crippen molar-refractivity contribution in [3.63, 3.8) is 0 Å². The lowest BCUT2D eigenvalue weighted by atomic mass is 9.92. The second kappa shape index (κ2) is 6.00. The van der Waals surface area contributed by atoms with Crippen LogP contribution in [0.25, 0.3) is 0 Å². The molecule has 4 rings (SSSR count). The number of carboxylic acids is 1. The van der Waals surface area contributed by atoms with E-state index in [1.54, 1.807) is 4.90 Å². The van der Waals surface area contributed by atoms with Gasteiger partial charge in [-0.25, -0.2) is 0 Å². The zero-order valence-corrected chi connectivity index (χ0v) is 13.4. The number of ether oxygens (including phenoxy) is 2. The molecule has 128 valence electrons. The lowest BCUT2D eigenvalue weighted by molar-refractivity contribution is -0.142. The molecule has 3 aliphatic rings. The predicted octanol–water partition coefficient (Wildman–Crippen LogP) is 1.57. The van der Waals surface area contributed by atoms with Crippen molar-refractivity contribution in [1.29, 1.82) is 0 Å². The molecule has 1 aliphatic carbocycles. The zero-order valence-electron chi connectivity index (χ0n) is 13.4. The van der Waals surface area contributed by atoms with Gasteiger partial charge < -0.3 is 19.5 Å². The zero-order chi connectivity index (χ0) is 16.7. The Morgan fingerprint density at radius 1 is 1.12 bits per heavy atom. The maximum atomic E-state index is 12.6. The number of likely N-dealkylation sites (tertiary alicyclic amines) is 1. The molecule has 1 aromatic rings. The van der Waals surface area contributed by atoms with Gasteiger partial charge in [-0.3, -0.25) is 9.59 Å². The van der Waals surface area contributed by atoms with E-state index >= 15 is 0 Å². The second-order valence-electron chi connectivity index (χ2n) is 6.90. The van der Waals surface area contributed by atoms with Crippen LogP contribution < -0.4 is 9.47 Å². The van der Waals surface area contributed by atoms with Crippen molar-refractivity contribution in [2.75, 3.05) is 26.3 Å². The third-order valence-corrected chi connectivity index (χ3v) is 5.22. The monoisotopic (exact) mass is 331 g/mol. The van der Waals surface area contributed by atoms with Gasteiger partial charge in [-0.2, -0.15) is 0 Å². The molecule has 0 unspecified atom stereocenters. The topological polar surface area (TPSA) is 76.1 Å². The van der Waals surface area contributed by atoms with Crippen LogP contribution in [-0.2, 0) is 16.0 Å². The van der Waals surface area contributed by atoms with Crippen molar-refractivity contribution in [3.8, 4) is 11.5 Å². The number of benzene rings is 1. The third kappa shape index (κ3) is 2.92. The lowest BCUT2D eigenvalue weighted by Gasteiger charge is -2.20. The number of hydrogen-bond acceptors (Lipinski definition) is 4. The molecule has 6 nitrogen and oxygen atoms in total. The summed E-state index contributed by atoms with van der Waals surface area (Å²) in [6, 6.07) is 5.54. The Morgan fingerprint density at radius 2 is 1.88 bits per heavy atom. The Morgan fingerprint density at radius 3 is 2.58 bits per heavy atom. The number of rotatable bonds is 4. The molecule has 1 saturated carbocycles. The number of aliphatic carboxylic acids is 1. The highest BCUT2D eigenvalue weighted by Gasteiger charge is 2.46. The number of hydrogen-bond donors (Lipinski definition) is 1. The first kappa shape index (κ1) is 15.3. The Hall–Kier alpha value is -2.24. The van der Waals surface area contributed by atoms with Crippen molar-refractivity contribution < 1.29 is 24.2 Å². The van der Waals surface area contributed by atoms with E-state index in [2.05, 4.69) is 0 Å². The number of amides is 1. The molecule has 1 N–H and O–H groups in total. The van der Waals surface area contributed by atoms with Crippen LogP contribution >= 0.6 is 0 Å². The van der Waals surface area contributed by atoms with E-state index in [9.17, 15) is 14.7 Å². The highest BCUT2D eigenvalue weighted by Crippen LogP contribution is 2.44. The van der Waals surface area contributed by atoms with Gasteiger partial charge in [0.05, 0.1) is 12.3 Å². The molecule has 6 heteroatoms. The SMILES string of the molecule is O=C(O)[C@H]1CN(C(=O)Cc2ccc3c(c2)OCCO3)C[C@@H]1C1CC1. The fraction of sp³-hybridized carbons (Fsp3) is 0.556. The lowest BCUT2D eigenvalue weighted by Crippen LogP contribution is -2.31. The van der Waals surface area contributed by atoms with Crippen LogP contribution in [0.1, 0.15) is 18.4 Å². The summed E-state index contributed by atoms with van der Waals surface area (Å²) >= 11 is 0. The Kier molecular flexibility index (Phi) is 3.82. The normalized spacial score (nSPS) is 25.6. The van der Waals surface area contributed by atoms with Gasteiger partial charge >= 0.3 is 5.97 Å². The Labute approximate surface area is 140 Å². The van der Waals surface area contributed by atoms with Gasteiger partial charge in [0.1, 0.15) is 13.2 Å². The largest absolute Gasteiger partial charge is 0.486 e. The summed E-state index contributed by atoms with van der Waals surface area (Å²) in [6.45, 7) is 1.96. The van der Waals surface area contributed by atoms with Crippen LogP contribution in [-0.4, -0.2) is 48.2 Å². The van der Waals surface area contributed by atoms with Gasteiger partial charge in [0, 0.05) is 13.1 Å². The molecule has 1 amide bonds. The van der Waals surface area contributed by atoms with Gasteiger partial charge in [-0.05, 0) is 42.4 Å². The third-order valence-electron chi connectivity index (χ3n) is 5.22. The molecule has 1 aromatic carbocycles. The first-order chi connectivity index (χ1) is 11.6. The van der Waals surface area contributed by atoms with Crippen LogP contribution in [0, 0.1) is 17.8 Å². The number of nitrogens with zero attached hydrogens (tertiary/aromatic N) is 1. The number of fused-ring (bicyclic) bond motifs is 1. The number of carboxylic acid groups (broad SMARTS) is 1. The molecule has 24 heavy (non-hydrogen) atoms. The summed E-state index contributed by atoms with van der Waals surface area (Å²) in [7, 11) is 0. The molecule has 0 radical (unpaired) electrons. The Bertz CT molecular complexity index is 669. The fourth-order valence-corrected chi connectivity index (χ4v) is 3.78. The van der Waals surface area contributed by atoms with E-state index in [4.69, 9.17) is 9.47 Å². The molecule has 0 aromatic heterocycles. The molecule has 2 atom stereocenters. The molecule has 0 spiro atoms. The summed E-state index contributed by atoms with van der Waals surface area (Å²) in [5.74, 6) is 0.778. The Balaban J connectivity index is 1.43. The van der Waals surface area contributed by atoms with Crippen molar-refractivity contribution in [3.05, 3.63) is 23.8 Å². The molecular formula is C18H21NO5. The average Bonchev–Trinajstić information content (AvgIpc) is 3.32. The van der Waals surface area contributed by atoms with Gasteiger partial charge in [-0.15, -0.1) is 0 Å². The number of carbonyl (C=O) groups excluding carboxylic acids is 1. The molecule has 2 fully saturated rings. The number of carbonyl (C=O) groups is 2. The van der Waals surface area contributed by atoms with E-state index in [0.29, 0.717) is 43.7 Å². The highest BCUT2D eigenvalue weighted by molar-refractivity contribution is 5.81. The summed E-state index contributed by atoms with van der Waals surface area (Å²) in [6.07, 6.45) is 2.46. The van der Waals surface area contributed by atoms with Crippen LogP contribution in [0.4, 0.5) is 0 Å². The highest BCUT2D eigenvalue weighted by atomic mass is 16.6. The van der Waals surface area contributed by atoms with E-state index < -0.39 is 11.9 Å². The molecule has 0 bridgehead atoms. The second-order valence-corrected chi connectivity index (χ2v) is 6.90. The van der Waals surface area contributed by atoms with E-state index in [1.807, 2.05) is 18.2 Å². The van der Waals surface area contributed by atoms with Gasteiger partial charge in [0.2, 0.25) is 5.91 Å². The predicted molar refractivity (Wildman–Crippen MR) is 85.1 cm³/mol. The van der Waals surface area contributed by atoms with Crippen molar-refractivity contribution in [2.45, 2.75) is 19.3 Å². The van der Waals surface area contributed by atoms with Crippen molar-refractivity contribution in [2.24, 2.45) is 17.8 Å². The van der Waals surface area contributed by atoms with Crippen LogP contribution in [0.2, 0.25) is 0 Å². The van der Waals surface area contributed by atoms with Crippen LogP contribution in [0.5, 0.6) is 11.5 Å². The van der Waals surface area contributed by atoms with E-state index in [-0.39, 0.29) is 18.2 Å². The summed E-state index contributed by atoms with van der Waals surface area (Å²) in [5.41, 5.74) is 0.867. The van der Waals surface area contributed by atoms with Gasteiger partial charge in [0.15, 0.2) is 11.5 Å². The molecule has 2 aliphatic heterocycles. The van der Waals surface area contributed by atoms with E-state index in [1.165, 1.54) is 0 Å². The van der Waals surface area contributed by atoms with Crippen LogP contribution in [0.3, 0.4) is 0 Å². The van der Waals surface area contributed by atoms with Gasteiger partial charge in [-0.1, -0.05) is 6.07 Å². The minimum Gasteiger partial charge on any atom is -0.486 e. The smallest absolute Gasteiger partial charge is 0.308 e. The standard InChI is InChI=1S/C18H21NO5/c20-17(8-11-1-4-15-16(7-11)24-6-5-23-15)19-9-13(12-2-3-12)14(10-19)18(21)22/h1,4,7,12-14H,2-3,5-6,8-10H2,(H,21,22)/t13-,14+/m1/s1. The fourth-order valence-electron chi connectivity index (χ4n) is 3.78. The minimum absolute atomic E-state index is 0.0129. The molecular weight excluding hydrogens is 310 g/mol. The summed E-state index contributed by atoms with van der Waals surface area (Å²) in [4.78, 5) is 25.8. The van der Waals surface area contributed by atoms with Gasteiger partial charge in [0.25, 0.3) is 0 Å². The first-order valence-corrected chi connectivity index (χ1v) is 8.51. The first-order valence-electron chi connectivity index (χ1n) is 8.51. The van der Waals surface area contributed by atoms with E-state index in [0.717, 1.165) is 18.4 Å². The maximum absolute atomic E-state index is 12.6.